The Morgan fingerprint density at radius 3 is 2.64 bits per heavy atom. The number of carbonyl (C=O) groups excluding carboxylic acids is 1. The van der Waals surface area contributed by atoms with Crippen molar-refractivity contribution >= 4 is 16.9 Å². The number of rotatable bonds is 7. The summed E-state index contributed by atoms with van der Waals surface area (Å²) >= 11 is 0. The molecule has 1 amide bonds. The summed E-state index contributed by atoms with van der Waals surface area (Å²) in [6.45, 7) is 3.67. The number of furan rings is 1. The molecule has 1 unspecified atom stereocenters. The molecule has 7 nitrogen and oxygen atoms in total. The van der Waals surface area contributed by atoms with Gasteiger partial charge in [-0.05, 0) is 43.7 Å². The summed E-state index contributed by atoms with van der Waals surface area (Å²) in [7, 11) is 2.99. The molecule has 1 aromatic carbocycles. The molecule has 28 heavy (non-hydrogen) atoms. The predicted octanol–water partition coefficient (Wildman–Crippen LogP) is 3.00. The number of amides is 1. The maximum Gasteiger partial charge on any atom is 0.340 e. The Balaban J connectivity index is 1.85. The number of nitrogens with one attached hydrogen (secondary N) is 1. The zero-order valence-electron chi connectivity index (χ0n) is 16.3. The van der Waals surface area contributed by atoms with Crippen molar-refractivity contribution in [3.05, 3.63) is 57.8 Å². The molecule has 7 heteroatoms. The van der Waals surface area contributed by atoms with Crippen LogP contribution in [0.15, 0.2) is 44.2 Å². The number of hydrogen-bond donors (Lipinski definition) is 1. The van der Waals surface area contributed by atoms with Gasteiger partial charge in [0.1, 0.15) is 5.76 Å². The molecule has 2 aromatic heterocycles. The first kappa shape index (κ1) is 19.5. The number of benzene rings is 1. The van der Waals surface area contributed by atoms with Gasteiger partial charge in [-0.15, -0.1) is 0 Å². The van der Waals surface area contributed by atoms with Crippen molar-refractivity contribution in [1.29, 1.82) is 0 Å². The van der Waals surface area contributed by atoms with Gasteiger partial charge in [-0.25, -0.2) is 4.79 Å². The van der Waals surface area contributed by atoms with Gasteiger partial charge in [-0.2, -0.15) is 0 Å². The molecule has 0 aliphatic heterocycles. The summed E-state index contributed by atoms with van der Waals surface area (Å²) in [6.07, 6.45) is 2.10. The van der Waals surface area contributed by atoms with E-state index < -0.39 is 5.63 Å². The predicted molar refractivity (Wildman–Crippen MR) is 104 cm³/mol. The highest BCUT2D eigenvalue weighted by Gasteiger charge is 2.20. The number of hydrogen-bond acceptors (Lipinski definition) is 6. The molecule has 0 spiro atoms. The minimum Gasteiger partial charge on any atom is -0.493 e. The summed E-state index contributed by atoms with van der Waals surface area (Å²) in [5.74, 6) is 1.35. The van der Waals surface area contributed by atoms with Crippen LogP contribution < -0.4 is 20.4 Å². The molecule has 0 bridgehead atoms. The largest absolute Gasteiger partial charge is 0.493 e. The van der Waals surface area contributed by atoms with Crippen LogP contribution in [0, 0.1) is 6.92 Å². The van der Waals surface area contributed by atoms with Crippen molar-refractivity contribution in [2.24, 2.45) is 0 Å². The molecule has 0 aliphatic rings. The lowest BCUT2D eigenvalue weighted by molar-refractivity contribution is -0.121. The number of ether oxygens (including phenoxy) is 2. The smallest absolute Gasteiger partial charge is 0.340 e. The Labute approximate surface area is 162 Å². The summed E-state index contributed by atoms with van der Waals surface area (Å²) in [5, 5.41) is 3.58. The van der Waals surface area contributed by atoms with Crippen LogP contribution in [0.5, 0.6) is 11.5 Å². The first-order valence-electron chi connectivity index (χ1n) is 8.93. The lowest BCUT2D eigenvalue weighted by Gasteiger charge is -2.14. The van der Waals surface area contributed by atoms with Crippen LogP contribution in [0.25, 0.3) is 11.0 Å². The molecule has 0 aliphatic carbocycles. The highest BCUT2D eigenvalue weighted by molar-refractivity contribution is 5.89. The van der Waals surface area contributed by atoms with Gasteiger partial charge in [-0.1, -0.05) is 0 Å². The summed E-state index contributed by atoms with van der Waals surface area (Å²) in [5.41, 5.74) is 0.744. The SMILES string of the molecule is COc1ccc2c(C)c(CC(=O)NC(C)Cc3ccco3)c(=O)oc2c1OC. The van der Waals surface area contributed by atoms with Gasteiger partial charge in [-0.3, -0.25) is 4.79 Å². The molecule has 0 saturated carbocycles. The van der Waals surface area contributed by atoms with Crippen molar-refractivity contribution in [2.45, 2.75) is 32.7 Å². The maximum absolute atomic E-state index is 12.5. The summed E-state index contributed by atoms with van der Waals surface area (Å²) in [6, 6.07) is 7.05. The van der Waals surface area contributed by atoms with E-state index in [2.05, 4.69) is 5.32 Å². The maximum atomic E-state index is 12.5. The van der Waals surface area contributed by atoms with Crippen molar-refractivity contribution in [1.82, 2.24) is 5.32 Å². The Kier molecular flexibility index (Phi) is 5.73. The van der Waals surface area contributed by atoms with Crippen LogP contribution in [0.3, 0.4) is 0 Å². The normalized spacial score (nSPS) is 12.0. The monoisotopic (exact) mass is 385 g/mol. The molecular weight excluding hydrogens is 362 g/mol. The molecule has 0 fully saturated rings. The number of methoxy groups -OCH3 is 2. The van der Waals surface area contributed by atoms with E-state index in [0.29, 0.717) is 40.0 Å². The first-order valence-corrected chi connectivity index (χ1v) is 8.93. The lowest BCUT2D eigenvalue weighted by Crippen LogP contribution is -2.36. The fourth-order valence-electron chi connectivity index (χ4n) is 3.24. The molecule has 1 atom stereocenters. The van der Waals surface area contributed by atoms with Crippen LogP contribution in [0.1, 0.15) is 23.8 Å². The topological polar surface area (TPSA) is 90.9 Å². The molecular formula is C21H23NO6. The van der Waals surface area contributed by atoms with E-state index >= 15 is 0 Å². The second-order valence-electron chi connectivity index (χ2n) is 6.60. The van der Waals surface area contributed by atoms with Gasteiger partial charge in [0.2, 0.25) is 11.7 Å². The Hall–Kier alpha value is -3.22. The average Bonchev–Trinajstić information content (AvgIpc) is 3.16. The summed E-state index contributed by atoms with van der Waals surface area (Å²) in [4.78, 5) is 25.0. The fourth-order valence-corrected chi connectivity index (χ4v) is 3.24. The van der Waals surface area contributed by atoms with Gasteiger partial charge in [0, 0.05) is 17.8 Å². The molecule has 3 rings (SSSR count). The first-order chi connectivity index (χ1) is 13.4. The zero-order chi connectivity index (χ0) is 20.3. The Morgan fingerprint density at radius 2 is 2.00 bits per heavy atom. The third-order valence-electron chi connectivity index (χ3n) is 4.63. The van der Waals surface area contributed by atoms with Gasteiger partial charge >= 0.3 is 5.63 Å². The fraction of sp³-hybridized carbons (Fsp3) is 0.333. The second-order valence-corrected chi connectivity index (χ2v) is 6.60. The average molecular weight is 385 g/mol. The molecule has 1 N–H and O–H groups in total. The third kappa shape index (κ3) is 3.88. The third-order valence-corrected chi connectivity index (χ3v) is 4.63. The van der Waals surface area contributed by atoms with E-state index in [9.17, 15) is 9.59 Å². The second kappa shape index (κ2) is 8.21. The van der Waals surface area contributed by atoms with Gasteiger partial charge in [0.15, 0.2) is 11.3 Å². The molecule has 0 saturated heterocycles. The van der Waals surface area contributed by atoms with Crippen LogP contribution in [-0.2, 0) is 17.6 Å². The molecule has 3 aromatic rings. The highest BCUT2D eigenvalue weighted by Crippen LogP contribution is 2.36. The number of carbonyl (C=O) groups is 1. The highest BCUT2D eigenvalue weighted by atomic mass is 16.5. The Morgan fingerprint density at radius 1 is 1.21 bits per heavy atom. The van der Waals surface area contributed by atoms with Crippen molar-refractivity contribution < 1.29 is 23.1 Å². The van der Waals surface area contributed by atoms with E-state index in [1.165, 1.54) is 14.2 Å². The van der Waals surface area contributed by atoms with E-state index in [1.54, 1.807) is 31.4 Å². The quantitative estimate of drug-likeness (QED) is 0.629. The molecule has 148 valence electrons. The summed E-state index contributed by atoms with van der Waals surface area (Å²) < 4.78 is 21.4. The van der Waals surface area contributed by atoms with E-state index in [0.717, 1.165) is 5.76 Å². The van der Waals surface area contributed by atoms with E-state index in [4.69, 9.17) is 18.3 Å². The molecule has 2 heterocycles. The standard InChI is InChI=1S/C21H23NO6/c1-12(10-14-6-5-9-27-14)22-18(23)11-16-13(2)15-7-8-17(25-3)20(26-4)19(15)28-21(16)24/h5-9,12H,10-11H2,1-4H3,(H,22,23). The van der Waals surface area contributed by atoms with Crippen LogP contribution in [0.2, 0.25) is 0 Å². The number of aryl methyl sites for hydroxylation is 1. The van der Waals surface area contributed by atoms with Gasteiger partial charge in [0.25, 0.3) is 0 Å². The number of fused-ring (bicyclic) bond motifs is 1. The van der Waals surface area contributed by atoms with Crippen LogP contribution in [-0.4, -0.2) is 26.2 Å². The lowest BCUT2D eigenvalue weighted by atomic mass is 10.0. The Bertz CT molecular complexity index is 1040. The van der Waals surface area contributed by atoms with Crippen LogP contribution in [0.4, 0.5) is 0 Å². The van der Waals surface area contributed by atoms with E-state index in [1.807, 2.05) is 13.0 Å². The van der Waals surface area contributed by atoms with Crippen molar-refractivity contribution in [3.63, 3.8) is 0 Å². The molecule has 0 radical (unpaired) electrons. The zero-order valence-corrected chi connectivity index (χ0v) is 16.3. The van der Waals surface area contributed by atoms with Gasteiger partial charge in [0.05, 0.1) is 32.5 Å². The minimum atomic E-state index is -0.564. The van der Waals surface area contributed by atoms with E-state index in [-0.39, 0.29) is 18.4 Å². The van der Waals surface area contributed by atoms with Crippen molar-refractivity contribution in [3.8, 4) is 11.5 Å². The van der Waals surface area contributed by atoms with Gasteiger partial charge < -0.3 is 23.6 Å². The van der Waals surface area contributed by atoms with Crippen molar-refractivity contribution in [2.75, 3.05) is 14.2 Å². The van der Waals surface area contributed by atoms with Crippen LogP contribution >= 0.6 is 0 Å². The minimum absolute atomic E-state index is 0.0685.